The molecule has 1 aliphatic rings. The minimum Gasteiger partial charge on any atom is -0.322 e. The van der Waals surface area contributed by atoms with E-state index in [0.29, 0.717) is 16.9 Å². The Labute approximate surface area is 169 Å². The van der Waals surface area contributed by atoms with Crippen molar-refractivity contribution in [2.24, 2.45) is 0 Å². The molecule has 1 aliphatic heterocycles. The molecule has 8 nitrogen and oxygen atoms in total. The lowest BCUT2D eigenvalue weighted by Gasteiger charge is -2.32. The van der Waals surface area contributed by atoms with E-state index in [4.69, 9.17) is 0 Å². The Hall–Kier alpha value is -2.97. The van der Waals surface area contributed by atoms with Gasteiger partial charge in [0.15, 0.2) is 5.65 Å². The van der Waals surface area contributed by atoms with Crippen LogP contribution in [0.2, 0.25) is 0 Å². The highest BCUT2D eigenvalue weighted by atomic mass is 16.2. The maximum Gasteiger partial charge on any atom is 0.272 e. The molecule has 0 atom stereocenters. The smallest absolute Gasteiger partial charge is 0.272 e. The van der Waals surface area contributed by atoms with Crippen molar-refractivity contribution in [3.63, 3.8) is 0 Å². The Morgan fingerprint density at radius 2 is 2.00 bits per heavy atom. The number of piperazine rings is 1. The number of likely N-dealkylation sites (N-methyl/N-ethyl adjacent to an activating group) is 1. The second-order valence-electron chi connectivity index (χ2n) is 7.63. The molecule has 0 unspecified atom stereocenters. The molecule has 1 fully saturated rings. The summed E-state index contributed by atoms with van der Waals surface area (Å²) in [6, 6.07) is 9.35. The highest BCUT2D eigenvalue weighted by molar-refractivity contribution is 6.08. The fourth-order valence-corrected chi connectivity index (χ4v) is 3.62. The van der Waals surface area contributed by atoms with Crippen LogP contribution in [0.4, 0.5) is 5.69 Å². The number of hydrogen-bond donors (Lipinski definition) is 2. The van der Waals surface area contributed by atoms with Gasteiger partial charge in [-0.05, 0) is 38.1 Å². The number of amides is 1. The molecule has 0 aliphatic carbocycles. The van der Waals surface area contributed by atoms with E-state index < -0.39 is 0 Å². The summed E-state index contributed by atoms with van der Waals surface area (Å²) in [5.74, 6) is -0.294. The molecule has 2 aromatic heterocycles. The summed E-state index contributed by atoms with van der Waals surface area (Å²) in [6.07, 6.45) is 2.45. The number of aromatic nitrogens is 3. The monoisotopic (exact) mass is 394 g/mol. The molecular weight excluding hydrogens is 368 g/mol. The van der Waals surface area contributed by atoms with Gasteiger partial charge in [-0.2, -0.15) is 0 Å². The van der Waals surface area contributed by atoms with E-state index in [1.165, 1.54) is 22.3 Å². The van der Waals surface area contributed by atoms with E-state index in [-0.39, 0.29) is 11.5 Å². The lowest BCUT2D eigenvalue weighted by molar-refractivity contribution is 0.102. The van der Waals surface area contributed by atoms with E-state index in [9.17, 15) is 9.59 Å². The number of nitrogens with one attached hydrogen (secondary N) is 2. The van der Waals surface area contributed by atoms with E-state index in [1.54, 1.807) is 6.92 Å². The van der Waals surface area contributed by atoms with Gasteiger partial charge in [-0.15, -0.1) is 0 Å². The second kappa shape index (κ2) is 8.18. The van der Waals surface area contributed by atoms with Crippen LogP contribution in [0.3, 0.4) is 0 Å². The topological polar surface area (TPSA) is 85.7 Å². The highest BCUT2D eigenvalue weighted by Gasteiger charge is 2.16. The number of rotatable bonds is 5. The summed E-state index contributed by atoms with van der Waals surface area (Å²) < 4.78 is 1.27. The van der Waals surface area contributed by atoms with Gasteiger partial charge < -0.3 is 15.1 Å². The Bertz CT molecular complexity index is 1080. The van der Waals surface area contributed by atoms with Crippen LogP contribution in [-0.2, 0) is 6.42 Å². The first-order chi connectivity index (χ1) is 14.0. The van der Waals surface area contributed by atoms with Crippen molar-refractivity contribution >= 4 is 17.2 Å². The van der Waals surface area contributed by atoms with Crippen molar-refractivity contribution in [3.8, 4) is 0 Å². The average Bonchev–Trinajstić information content (AvgIpc) is 3.12. The largest absolute Gasteiger partial charge is 0.322 e. The van der Waals surface area contributed by atoms with Gasteiger partial charge in [0.25, 0.3) is 11.5 Å². The third-order valence-corrected chi connectivity index (χ3v) is 5.37. The third kappa shape index (κ3) is 4.38. The summed E-state index contributed by atoms with van der Waals surface area (Å²) in [4.78, 5) is 33.9. The molecule has 3 aromatic rings. The molecular formula is C21H26N6O2. The third-order valence-electron chi connectivity index (χ3n) is 5.37. The maximum atomic E-state index is 12.8. The van der Waals surface area contributed by atoms with Gasteiger partial charge >= 0.3 is 0 Å². The van der Waals surface area contributed by atoms with Crippen LogP contribution in [0.25, 0.3) is 5.65 Å². The molecule has 1 aromatic carbocycles. The number of aryl methyl sites for hydroxylation is 1. The Morgan fingerprint density at radius 3 is 2.79 bits per heavy atom. The minimum absolute atomic E-state index is 0.238. The average molecular weight is 394 g/mol. The number of carbonyl (C=O) groups is 1. The summed E-state index contributed by atoms with van der Waals surface area (Å²) in [7, 11) is 2.16. The first-order valence-corrected chi connectivity index (χ1v) is 9.88. The number of aromatic amines is 1. The second-order valence-corrected chi connectivity index (χ2v) is 7.63. The Balaban J connectivity index is 1.44. The van der Waals surface area contributed by atoms with Gasteiger partial charge in [-0.1, -0.05) is 12.1 Å². The molecule has 1 saturated heterocycles. The standard InChI is InChI=1S/C21H26N6O2/c1-15-12-19(28)27-20(23-15)18(14-22-27)21(29)24-17-5-3-4-16(13-17)6-7-26-10-8-25(2)9-11-26/h3-5,12-14,22H,6-11H2,1-2H3,(H,24,29). The number of carbonyl (C=O) groups excluding carboxylic acids is 1. The number of nitrogens with zero attached hydrogens (tertiary/aromatic N) is 4. The predicted molar refractivity (Wildman–Crippen MR) is 113 cm³/mol. The predicted octanol–water partition coefficient (Wildman–Crippen LogP) is 1.37. The number of anilines is 1. The molecule has 2 N–H and O–H groups in total. The molecule has 0 spiro atoms. The van der Waals surface area contributed by atoms with Crippen LogP contribution in [0.1, 0.15) is 21.6 Å². The highest BCUT2D eigenvalue weighted by Crippen LogP contribution is 2.15. The van der Waals surface area contributed by atoms with Crippen LogP contribution >= 0.6 is 0 Å². The fraction of sp³-hybridized carbons (Fsp3) is 0.381. The van der Waals surface area contributed by atoms with Crippen LogP contribution in [0.5, 0.6) is 0 Å². The Morgan fingerprint density at radius 1 is 1.21 bits per heavy atom. The molecule has 0 bridgehead atoms. The molecule has 29 heavy (non-hydrogen) atoms. The maximum absolute atomic E-state index is 12.8. The van der Waals surface area contributed by atoms with E-state index in [2.05, 4.69) is 38.3 Å². The number of fused-ring (bicyclic) bond motifs is 1. The molecule has 8 heteroatoms. The van der Waals surface area contributed by atoms with Gasteiger partial charge in [0.2, 0.25) is 0 Å². The van der Waals surface area contributed by atoms with Gasteiger partial charge in [0, 0.05) is 56.4 Å². The van der Waals surface area contributed by atoms with Crippen molar-refractivity contribution < 1.29 is 4.79 Å². The zero-order chi connectivity index (χ0) is 20.4. The van der Waals surface area contributed by atoms with E-state index >= 15 is 0 Å². The molecule has 0 radical (unpaired) electrons. The van der Waals surface area contributed by atoms with Crippen molar-refractivity contribution in [1.82, 2.24) is 24.4 Å². The van der Waals surface area contributed by atoms with Crippen molar-refractivity contribution in [3.05, 3.63) is 63.7 Å². The number of hydrogen-bond acceptors (Lipinski definition) is 5. The lowest BCUT2D eigenvalue weighted by Crippen LogP contribution is -2.45. The first-order valence-electron chi connectivity index (χ1n) is 9.88. The fourth-order valence-electron chi connectivity index (χ4n) is 3.62. The zero-order valence-electron chi connectivity index (χ0n) is 16.8. The summed E-state index contributed by atoms with van der Waals surface area (Å²) >= 11 is 0. The first kappa shape index (κ1) is 19.4. The normalized spacial score (nSPS) is 15.7. The molecule has 4 rings (SSSR count). The van der Waals surface area contributed by atoms with Crippen molar-refractivity contribution in [2.45, 2.75) is 13.3 Å². The molecule has 0 saturated carbocycles. The minimum atomic E-state index is -0.294. The van der Waals surface area contributed by atoms with Gasteiger partial charge in [0.1, 0.15) is 5.56 Å². The van der Waals surface area contributed by atoms with E-state index in [0.717, 1.165) is 44.8 Å². The van der Waals surface area contributed by atoms with Gasteiger partial charge in [-0.3, -0.25) is 14.7 Å². The van der Waals surface area contributed by atoms with Gasteiger partial charge in [0.05, 0.1) is 0 Å². The van der Waals surface area contributed by atoms with Crippen molar-refractivity contribution in [2.75, 3.05) is 45.1 Å². The van der Waals surface area contributed by atoms with Crippen LogP contribution in [-0.4, -0.2) is 70.1 Å². The van der Waals surface area contributed by atoms with Crippen LogP contribution in [0.15, 0.2) is 41.3 Å². The quantitative estimate of drug-likeness (QED) is 0.683. The SMILES string of the molecule is Cc1cc(=O)n2[nH]cc(C(=O)Nc3cccc(CCN4CCN(C)CC4)c3)c2n1. The lowest BCUT2D eigenvalue weighted by atomic mass is 10.1. The molecule has 152 valence electrons. The summed E-state index contributed by atoms with van der Waals surface area (Å²) in [6.45, 7) is 7.16. The number of benzene rings is 1. The zero-order valence-corrected chi connectivity index (χ0v) is 16.8. The Kier molecular flexibility index (Phi) is 5.46. The van der Waals surface area contributed by atoms with Crippen LogP contribution < -0.4 is 10.9 Å². The number of H-pyrrole nitrogens is 1. The van der Waals surface area contributed by atoms with Gasteiger partial charge in [-0.25, -0.2) is 9.50 Å². The van der Waals surface area contributed by atoms with Crippen LogP contribution in [0, 0.1) is 6.92 Å². The molecule has 3 heterocycles. The summed E-state index contributed by atoms with van der Waals surface area (Å²) in [5, 5.41) is 5.72. The summed E-state index contributed by atoms with van der Waals surface area (Å²) in [5.41, 5.74) is 2.94. The van der Waals surface area contributed by atoms with Crippen molar-refractivity contribution in [1.29, 1.82) is 0 Å². The van der Waals surface area contributed by atoms with E-state index in [1.807, 2.05) is 18.2 Å². The molecule has 1 amide bonds.